The highest BCUT2D eigenvalue weighted by Crippen LogP contribution is 2.43. The van der Waals surface area contributed by atoms with E-state index in [2.05, 4.69) is 157 Å². The van der Waals surface area contributed by atoms with Gasteiger partial charge in [0.1, 0.15) is 5.52 Å². The average Bonchev–Trinajstić information content (AvgIpc) is 3.83. The molecule has 53 heavy (non-hydrogen) atoms. The van der Waals surface area contributed by atoms with Gasteiger partial charge in [-0.3, -0.25) is 0 Å². The SMILES string of the molecule is c1ccc(-c2ccc(N(c3ccc4c(ccc5ccc6ccc7nc(-c8ccccc8)oc7c6c54)c3)c3ccc4c(c3)sc3ccccc34)cc2)cc1. The van der Waals surface area contributed by atoms with Crippen LogP contribution in [0.2, 0.25) is 0 Å². The van der Waals surface area contributed by atoms with E-state index < -0.39 is 0 Å². The predicted octanol–water partition coefficient (Wildman–Crippen LogP) is 14.5. The van der Waals surface area contributed by atoms with Gasteiger partial charge in [0, 0.05) is 53.6 Å². The number of thiophene rings is 1. The fourth-order valence-electron chi connectivity index (χ4n) is 7.91. The van der Waals surface area contributed by atoms with Gasteiger partial charge in [-0.1, -0.05) is 121 Å². The van der Waals surface area contributed by atoms with Crippen molar-refractivity contribution in [2.75, 3.05) is 4.90 Å². The Balaban J connectivity index is 1.11. The van der Waals surface area contributed by atoms with Gasteiger partial charge in [-0.15, -0.1) is 11.3 Å². The van der Waals surface area contributed by atoms with E-state index in [9.17, 15) is 0 Å². The summed E-state index contributed by atoms with van der Waals surface area (Å²) in [5, 5.41) is 9.52. The minimum absolute atomic E-state index is 0.636. The molecule has 0 aliphatic carbocycles. The van der Waals surface area contributed by atoms with Crippen molar-refractivity contribution in [2.24, 2.45) is 0 Å². The van der Waals surface area contributed by atoms with Crippen molar-refractivity contribution in [3.63, 3.8) is 0 Å². The highest BCUT2D eigenvalue weighted by Gasteiger charge is 2.18. The van der Waals surface area contributed by atoms with E-state index in [-0.39, 0.29) is 0 Å². The van der Waals surface area contributed by atoms with Gasteiger partial charge in [-0.25, -0.2) is 4.98 Å². The normalized spacial score (nSPS) is 11.8. The lowest BCUT2D eigenvalue weighted by Gasteiger charge is -2.26. The molecule has 0 amide bonds. The molecule has 11 rings (SSSR count). The lowest BCUT2D eigenvalue weighted by molar-refractivity contribution is 0.623. The number of oxazole rings is 1. The third kappa shape index (κ3) is 4.91. The molecule has 0 unspecified atom stereocenters. The van der Waals surface area contributed by atoms with Crippen LogP contribution in [0.3, 0.4) is 0 Å². The van der Waals surface area contributed by atoms with E-state index in [4.69, 9.17) is 9.40 Å². The van der Waals surface area contributed by atoms with Gasteiger partial charge in [-0.05, 0) is 93.3 Å². The van der Waals surface area contributed by atoms with E-state index in [1.165, 1.54) is 47.5 Å². The number of aromatic nitrogens is 1. The Morgan fingerprint density at radius 3 is 1.79 bits per heavy atom. The average molecular weight is 695 g/mol. The summed E-state index contributed by atoms with van der Waals surface area (Å²) < 4.78 is 9.16. The highest BCUT2D eigenvalue weighted by molar-refractivity contribution is 7.25. The van der Waals surface area contributed by atoms with Gasteiger partial charge in [-0.2, -0.15) is 0 Å². The highest BCUT2D eigenvalue weighted by atomic mass is 32.1. The summed E-state index contributed by atoms with van der Waals surface area (Å²) in [6.07, 6.45) is 0. The van der Waals surface area contributed by atoms with Crippen LogP contribution in [0.15, 0.2) is 186 Å². The van der Waals surface area contributed by atoms with Gasteiger partial charge in [0.05, 0.1) is 0 Å². The summed E-state index contributed by atoms with van der Waals surface area (Å²) in [6.45, 7) is 0. The Labute approximate surface area is 309 Å². The Morgan fingerprint density at radius 1 is 0.415 bits per heavy atom. The van der Waals surface area contributed by atoms with Gasteiger partial charge < -0.3 is 9.32 Å². The molecule has 2 heterocycles. The van der Waals surface area contributed by atoms with Gasteiger partial charge in [0.25, 0.3) is 0 Å². The number of nitrogens with zero attached hydrogens (tertiary/aromatic N) is 2. The largest absolute Gasteiger partial charge is 0.435 e. The second-order valence-electron chi connectivity index (χ2n) is 13.6. The van der Waals surface area contributed by atoms with E-state index in [1.807, 2.05) is 41.7 Å². The second kappa shape index (κ2) is 11.9. The molecule has 0 N–H and O–H groups in total. The number of anilines is 3. The Morgan fingerprint density at radius 2 is 1.00 bits per heavy atom. The quantitative estimate of drug-likeness (QED) is 0.168. The molecule has 248 valence electrons. The molecule has 0 saturated carbocycles. The molecule has 0 fully saturated rings. The first kappa shape index (κ1) is 29.9. The molecule has 11 aromatic rings. The van der Waals surface area contributed by atoms with E-state index in [0.29, 0.717) is 5.89 Å². The van der Waals surface area contributed by atoms with Gasteiger partial charge >= 0.3 is 0 Å². The Kier molecular flexibility index (Phi) is 6.73. The van der Waals surface area contributed by atoms with Gasteiger partial charge in [0.2, 0.25) is 5.89 Å². The number of fused-ring (bicyclic) bond motifs is 10. The smallest absolute Gasteiger partial charge is 0.227 e. The molecule has 0 aliphatic heterocycles. The first-order chi connectivity index (χ1) is 26.2. The van der Waals surface area contributed by atoms with Crippen molar-refractivity contribution < 1.29 is 4.42 Å². The van der Waals surface area contributed by atoms with Crippen LogP contribution >= 0.6 is 11.3 Å². The minimum atomic E-state index is 0.636. The summed E-state index contributed by atoms with van der Waals surface area (Å²) in [4.78, 5) is 7.29. The van der Waals surface area contributed by atoms with Crippen LogP contribution in [0.1, 0.15) is 0 Å². The van der Waals surface area contributed by atoms with E-state index in [0.717, 1.165) is 49.9 Å². The van der Waals surface area contributed by atoms with Crippen LogP contribution in [0.25, 0.3) is 86.2 Å². The van der Waals surface area contributed by atoms with Crippen LogP contribution in [0.4, 0.5) is 17.1 Å². The van der Waals surface area contributed by atoms with Crippen LogP contribution < -0.4 is 4.90 Å². The summed E-state index contributed by atoms with van der Waals surface area (Å²) in [5.41, 5.74) is 8.38. The Hall–Kier alpha value is -6.75. The molecule has 3 nitrogen and oxygen atoms in total. The molecule has 0 bridgehead atoms. The first-order valence-electron chi connectivity index (χ1n) is 17.9. The van der Waals surface area contributed by atoms with Crippen LogP contribution in [0.5, 0.6) is 0 Å². The molecule has 9 aromatic carbocycles. The van der Waals surface area contributed by atoms with Crippen molar-refractivity contribution in [3.8, 4) is 22.6 Å². The molecule has 0 spiro atoms. The topological polar surface area (TPSA) is 29.3 Å². The maximum atomic E-state index is 6.58. The molecular formula is C49H30N2OS. The maximum Gasteiger partial charge on any atom is 0.227 e. The zero-order chi connectivity index (χ0) is 34.9. The molecule has 0 saturated heterocycles. The lowest BCUT2D eigenvalue weighted by Crippen LogP contribution is -2.09. The molecule has 2 aromatic heterocycles. The zero-order valence-corrected chi connectivity index (χ0v) is 29.3. The van der Waals surface area contributed by atoms with Crippen LogP contribution in [-0.4, -0.2) is 4.98 Å². The van der Waals surface area contributed by atoms with Gasteiger partial charge in [0.15, 0.2) is 5.58 Å². The Bertz CT molecular complexity index is 3160. The summed E-state index contributed by atoms with van der Waals surface area (Å²) in [5.74, 6) is 0.636. The molecule has 0 atom stereocenters. The zero-order valence-electron chi connectivity index (χ0n) is 28.5. The number of rotatable bonds is 5. The van der Waals surface area contributed by atoms with E-state index >= 15 is 0 Å². The third-order valence-electron chi connectivity index (χ3n) is 10.5. The molecule has 0 aliphatic rings. The maximum absolute atomic E-state index is 6.58. The predicted molar refractivity (Wildman–Crippen MR) is 225 cm³/mol. The summed E-state index contributed by atoms with van der Waals surface area (Å²) >= 11 is 1.85. The monoisotopic (exact) mass is 694 g/mol. The fraction of sp³-hybridized carbons (Fsp3) is 0. The van der Waals surface area contributed by atoms with Crippen molar-refractivity contribution >= 4 is 92.0 Å². The first-order valence-corrected chi connectivity index (χ1v) is 18.7. The van der Waals surface area contributed by atoms with Crippen molar-refractivity contribution in [3.05, 3.63) is 182 Å². The number of hydrogen-bond acceptors (Lipinski definition) is 4. The van der Waals surface area contributed by atoms with Crippen LogP contribution in [-0.2, 0) is 0 Å². The number of benzene rings is 9. The van der Waals surface area contributed by atoms with Crippen molar-refractivity contribution in [2.45, 2.75) is 0 Å². The van der Waals surface area contributed by atoms with E-state index in [1.54, 1.807) is 0 Å². The third-order valence-corrected chi connectivity index (χ3v) is 11.6. The molecule has 0 radical (unpaired) electrons. The van der Waals surface area contributed by atoms with Crippen molar-refractivity contribution in [1.29, 1.82) is 0 Å². The second-order valence-corrected chi connectivity index (χ2v) is 14.6. The number of hydrogen-bond donors (Lipinski definition) is 0. The van der Waals surface area contributed by atoms with Crippen LogP contribution in [0, 0.1) is 0 Å². The molecular weight excluding hydrogens is 665 g/mol. The fourth-order valence-corrected chi connectivity index (χ4v) is 9.05. The summed E-state index contributed by atoms with van der Waals surface area (Å²) in [6, 6.07) is 65.2. The minimum Gasteiger partial charge on any atom is -0.435 e. The van der Waals surface area contributed by atoms with Crippen molar-refractivity contribution in [1.82, 2.24) is 4.98 Å². The molecule has 4 heteroatoms. The summed E-state index contributed by atoms with van der Waals surface area (Å²) in [7, 11) is 0. The standard InChI is InChI=1S/C49H30N2OS/c1-3-9-31(10-4-1)32-19-22-37(23-20-32)51(39-25-27-42-41-13-7-8-14-44(41)53-45(42)30-39)38-24-26-40-36(29-38)18-17-33-15-16-34-21-28-43-48(47(34)46(33)40)52-49(50-43)35-11-5-2-6-12-35/h1-30H. The lowest BCUT2D eigenvalue weighted by atomic mass is 9.95.